The molecule has 28 heavy (non-hydrogen) atoms. The number of hydrogen-bond donors (Lipinski definition) is 0. The highest BCUT2D eigenvalue weighted by atomic mass is 28.3. The Balaban J connectivity index is 1.87. The molecule has 2 heterocycles. The molecule has 0 fully saturated rings. The highest BCUT2D eigenvalue weighted by molar-refractivity contribution is 6.83. The van der Waals surface area contributed by atoms with E-state index in [1.807, 2.05) is 42.7 Å². The quantitative estimate of drug-likeness (QED) is 0.351. The van der Waals surface area contributed by atoms with E-state index in [-0.39, 0.29) is 0 Å². The van der Waals surface area contributed by atoms with Crippen LogP contribution < -0.4 is 0 Å². The van der Waals surface area contributed by atoms with E-state index in [9.17, 15) is 0 Å². The van der Waals surface area contributed by atoms with Gasteiger partial charge in [-0.2, -0.15) is 0 Å². The lowest BCUT2D eigenvalue weighted by Gasteiger charge is -2.03. The van der Waals surface area contributed by atoms with Gasteiger partial charge in [-0.1, -0.05) is 63.6 Å². The SMILES string of the molecule is CCCCCCc1ccc(C#C/C=C/c2ccc(C#C[Si](C)(C)C)cn2)cn1. The van der Waals surface area contributed by atoms with Gasteiger partial charge in [0.1, 0.15) is 8.07 Å². The van der Waals surface area contributed by atoms with Crippen molar-refractivity contribution < 1.29 is 0 Å². The van der Waals surface area contributed by atoms with E-state index in [1.165, 1.54) is 25.7 Å². The second-order valence-electron chi connectivity index (χ2n) is 7.92. The normalized spacial score (nSPS) is 10.9. The molecule has 0 atom stereocenters. The first-order chi connectivity index (χ1) is 13.5. The standard InChI is InChI=1S/C25H30N2Si/c1-5-6-7-8-12-24-16-14-22(20-26-24)11-9-10-13-25-17-15-23(21-27-25)18-19-28(2,3)4/h10,13-17,20-21H,5-8,12H2,1-4H3/b13-10+. The minimum absolute atomic E-state index is 0.883. The van der Waals surface area contributed by atoms with Crippen LogP contribution in [0.2, 0.25) is 19.6 Å². The second-order valence-corrected chi connectivity index (χ2v) is 12.7. The van der Waals surface area contributed by atoms with Gasteiger partial charge in [0.2, 0.25) is 0 Å². The summed E-state index contributed by atoms with van der Waals surface area (Å²) in [6.45, 7) is 8.94. The molecule has 0 unspecified atom stereocenters. The molecule has 0 amide bonds. The first kappa shape index (κ1) is 21.7. The summed E-state index contributed by atoms with van der Waals surface area (Å²) in [5, 5.41) is 0. The number of rotatable bonds is 6. The summed E-state index contributed by atoms with van der Waals surface area (Å²) in [7, 11) is -1.35. The van der Waals surface area contributed by atoms with Crippen molar-refractivity contribution >= 4 is 14.1 Å². The summed E-state index contributed by atoms with van der Waals surface area (Å²) in [5.74, 6) is 9.39. The number of aryl methyl sites for hydroxylation is 1. The fourth-order valence-corrected chi connectivity index (χ4v) is 2.99. The predicted molar refractivity (Wildman–Crippen MR) is 122 cm³/mol. The van der Waals surface area contributed by atoms with Gasteiger partial charge in [0.05, 0.1) is 5.69 Å². The van der Waals surface area contributed by atoms with Gasteiger partial charge < -0.3 is 0 Å². The lowest BCUT2D eigenvalue weighted by molar-refractivity contribution is 0.660. The molecule has 0 aliphatic carbocycles. The third-order valence-electron chi connectivity index (χ3n) is 4.03. The third kappa shape index (κ3) is 8.85. The maximum absolute atomic E-state index is 4.51. The number of aromatic nitrogens is 2. The van der Waals surface area contributed by atoms with Crippen LogP contribution in [-0.4, -0.2) is 18.0 Å². The van der Waals surface area contributed by atoms with Crippen molar-refractivity contribution in [3.63, 3.8) is 0 Å². The van der Waals surface area contributed by atoms with Crippen LogP contribution in [-0.2, 0) is 6.42 Å². The highest BCUT2D eigenvalue weighted by Crippen LogP contribution is 2.07. The van der Waals surface area contributed by atoms with Crippen molar-refractivity contribution in [1.82, 2.24) is 9.97 Å². The van der Waals surface area contributed by atoms with E-state index >= 15 is 0 Å². The van der Waals surface area contributed by atoms with Gasteiger partial charge in [-0.05, 0) is 49.3 Å². The summed E-state index contributed by atoms with van der Waals surface area (Å²) in [5.41, 5.74) is 7.29. The van der Waals surface area contributed by atoms with Gasteiger partial charge >= 0.3 is 0 Å². The topological polar surface area (TPSA) is 25.8 Å². The Labute approximate surface area is 171 Å². The zero-order valence-corrected chi connectivity index (χ0v) is 18.5. The van der Waals surface area contributed by atoms with Gasteiger partial charge in [0, 0.05) is 29.2 Å². The van der Waals surface area contributed by atoms with Gasteiger partial charge in [0.25, 0.3) is 0 Å². The summed E-state index contributed by atoms with van der Waals surface area (Å²) < 4.78 is 0. The molecule has 2 nitrogen and oxygen atoms in total. The van der Waals surface area contributed by atoms with E-state index in [0.717, 1.165) is 28.9 Å². The van der Waals surface area contributed by atoms with E-state index < -0.39 is 8.07 Å². The van der Waals surface area contributed by atoms with E-state index in [2.05, 4.69) is 65.9 Å². The molecule has 0 saturated carbocycles. The molecule has 0 aliphatic rings. The Morgan fingerprint density at radius 3 is 2.29 bits per heavy atom. The summed E-state index contributed by atoms with van der Waals surface area (Å²) in [4.78, 5) is 8.93. The van der Waals surface area contributed by atoms with Gasteiger partial charge in [-0.3, -0.25) is 9.97 Å². The molecule has 2 rings (SSSR count). The van der Waals surface area contributed by atoms with E-state index in [4.69, 9.17) is 0 Å². The van der Waals surface area contributed by atoms with Crippen LogP contribution >= 0.6 is 0 Å². The molecule has 3 heteroatoms. The number of unbranched alkanes of at least 4 members (excludes halogenated alkanes) is 3. The minimum Gasteiger partial charge on any atom is -0.260 e. The summed E-state index contributed by atoms with van der Waals surface area (Å²) in [6, 6.07) is 8.12. The minimum atomic E-state index is -1.35. The Morgan fingerprint density at radius 1 is 0.893 bits per heavy atom. The van der Waals surface area contributed by atoms with Crippen LogP contribution in [0.15, 0.2) is 42.7 Å². The van der Waals surface area contributed by atoms with Crippen LogP contribution in [0, 0.1) is 23.3 Å². The molecular formula is C25H30N2Si. The molecule has 0 N–H and O–H groups in total. The number of allylic oxidation sites excluding steroid dienone is 1. The van der Waals surface area contributed by atoms with Crippen molar-refractivity contribution in [2.24, 2.45) is 0 Å². The van der Waals surface area contributed by atoms with Crippen LogP contribution in [0.1, 0.15) is 55.1 Å². The smallest absolute Gasteiger partial charge is 0.129 e. The average molecular weight is 387 g/mol. The largest absolute Gasteiger partial charge is 0.260 e. The Bertz CT molecular complexity index is 881. The Kier molecular flexibility index (Phi) is 8.73. The summed E-state index contributed by atoms with van der Waals surface area (Å²) >= 11 is 0. The van der Waals surface area contributed by atoms with E-state index in [1.54, 1.807) is 0 Å². The maximum atomic E-state index is 4.51. The van der Waals surface area contributed by atoms with Crippen molar-refractivity contribution in [3.8, 4) is 23.3 Å². The summed E-state index contributed by atoms with van der Waals surface area (Å²) in [6.07, 6.45) is 13.5. The van der Waals surface area contributed by atoms with Crippen molar-refractivity contribution in [2.45, 2.75) is 58.7 Å². The monoisotopic (exact) mass is 386 g/mol. The molecule has 0 spiro atoms. The Morgan fingerprint density at radius 2 is 1.64 bits per heavy atom. The Hall–Kier alpha value is -2.62. The fraction of sp³-hybridized carbons (Fsp3) is 0.360. The third-order valence-corrected chi connectivity index (χ3v) is 4.91. The highest BCUT2D eigenvalue weighted by Gasteiger charge is 2.07. The number of nitrogens with zero attached hydrogens (tertiary/aromatic N) is 2. The molecule has 0 bridgehead atoms. The molecule has 2 aromatic heterocycles. The van der Waals surface area contributed by atoms with Gasteiger partial charge in [-0.25, -0.2) is 0 Å². The molecule has 0 radical (unpaired) electrons. The molecule has 144 valence electrons. The molecule has 0 saturated heterocycles. The molecule has 2 aromatic rings. The van der Waals surface area contributed by atoms with Crippen LogP contribution in [0.4, 0.5) is 0 Å². The van der Waals surface area contributed by atoms with Crippen molar-refractivity contribution in [3.05, 3.63) is 65.2 Å². The second kappa shape index (κ2) is 11.3. The lowest BCUT2D eigenvalue weighted by atomic mass is 10.1. The van der Waals surface area contributed by atoms with E-state index in [0.29, 0.717) is 0 Å². The van der Waals surface area contributed by atoms with Crippen molar-refractivity contribution in [1.29, 1.82) is 0 Å². The zero-order chi connectivity index (χ0) is 20.2. The van der Waals surface area contributed by atoms with Crippen LogP contribution in [0.3, 0.4) is 0 Å². The molecule has 0 aliphatic heterocycles. The zero-order valence-electron chi connectivity index (χ0n) is 17.5. The van der Waals surface area contributed by atoms with Crippen LogP contribution in [0.5, 0.6) is 0 Å². The van der Waals surface area contributed by atoms with Crippen molar-refractivity contribution in [2.75, 3.05) is 0 Å². The fourth-order valence-electron chi connectivity index (χ4n) is 2.47. The molecular weight excluding hydrogens is 356 g/mol. The first-order valence-corrected chi connectivity index (χ1v) is 13.6. The number of hydrogen-bond acceptors (Lipinski definition) is 2. The molecule has 0 aromatic carbocycles. The average Bonchev–Trinajstić information content (AvgIpc) is 2.68. The first-order valence-electron chi connectivity index (χ1n) is 10.1. The lowest BCUT2D eigenvalue weighted by Crippen LogP contribution is -2.16. The predicted octanol–water partition coefficient (Wildman–Crippen LogP) is 5.89. The number of pyridine rings is 2. The van der Waals surface area contributed by atoms with Gasteiger partial charge in [0.15, 0.2) is 0 Å². The maximum Gasteiger partial charge on any atom is 0.129 e. The van der Waals surface area contributed by atoms with Gasteiger partial charge in [-0.15, -0.1) is 5.54 Å². The van der Waals surface area contributed by atoms with Crippen LogP contribution in [0.25, 0.3) is 6.08 Å².